The summed E-state index contributed by atoms with van der Waals surface area (Å²) in [7, 11) is 0. The van der Waals surface area contributed by atoms with Gasteiger partial charge in [0.15, 0.2) is 0 Å². The van der Waals surface area contributed by atoms with Gasteiger partial charge in [-0.15, -0.1) is 0 Å². The van der Waals surface area contributed by atoms with Crippen molar-refractivity contribution in [3.8, 4) is 5.75 Å². The van der Waals surface area contributed by atoms with E-state index >= 15 is 0 Å². The third-order valence-electron chi connectivity index (χ3n) is 3.15. The summed E-state index contributed by atoms with van der Waals surface area (Å²) in [6.07, 6.45) is 3.60. The van der Waals surface area contributed by atoms with Crippen LogP contribution in [-0.2, 0) is 0 Å². The van der Waals surface area contributed by atoms with E-state index in [0.29, 0.717) is 17.3 Å². The van der Waals surface area contributed by atoms with Crippen molar-refractivity contribution in [2.45, 2.75) is 19.8 Å². The molecule has 0 heterocycles. The van der Waals surface area contributed by atoms with Crippen LogP contribution in [0.2, 0.25) is 5.02 Å². The average Bonchev–Trinajstić information content (AvgIpc) is 2.58. The minimum absolute atomic E-state index is 0.432. The molecular formula is C18H20ClN3O2. The number of ether oxygens (including phenoxy) is 1. The molecule has 0 unspecified atom stereocenters. The molecule has 0 aliphatic carbocycles. The highest BCUT2D eigenvalue weighted by Gasteiger charge is 2.01. The van der Waals surface area contributed by atoms with Crippen LogP contribution in [0, 0.1) is 0 Å². The van der Waals surface area contributed by atoms with E-state index in [1.54, 1.807) is 18.2 Å². The van der Waals surface area contributed by atoms with Gasteiger partial charge in [0, 0.05) is 16.3 Å². The highest BCUT2D eigenvalue weighted by atomic mass is 35.5. The molecule has 2 rings (SSSR count). The smallest absolute Gasteiger partial charge is 0.339 e. The second kappa shape index (κ2) is 9.57. The lowest BCUT2D eigenvalue weighted by Gasteiger charge is -2.07. The Bertz CT molecular complexity index is 687. The van der Waals surface area contributed by atoms with Crippen molar-refractivity contribution < 1.29 is 9.53 Å². The molecule has 0 aliphatic heterocycles. The maximum absolute atomic E-state index is 11.8. The number of nitrogens with zero attached hydrogens (tertiary/aromatic N) is 1. The number of carbonyl (C=O) groups excluding carboxylic acids is 1. The fraction of sp³-hybridized carbons (Fsp3) is 0.222. The number of benzene rings is 2. The zero-order chi connectivity index (χ0) is 17.2. The molecule has 0 bridgehead atoms. The number of urea groups is 1. The molecule has 24 heavy (non-hydrogen) atoms. The van der Waals surface area contributed by atoms with Crippen LogP contribution in [0.25, 0.3) is 0 Å². The minimum atomic E-state index is -0.432. The zero-order valence-corrected chi connectivity index (χ0v) is 14.2. The van der Waals surface area contributed by atoms with Crippen molar-refractivity contribution in [3.63, 3.8) is 0 Å². The molecule has 126 valence electrons. The van der Waals surface area contributed by atoms with Gasteiger partial charge in [-0.2, -0.15) is 5.10 Å². The fourth-order valence-corrected chi connectivity index (χ4v) is 2.05. The van der Waals surface area contributed by atoms with Gasteiger partial charge in [-0.1, -0.05) is 43.1 Å². The Morgan fingerprint density at radius 3 is 2.67 bits per heavy atom. The topological polar surface area (TPSA) is 62.7 Å². The molecule has 0 atom stereocenters. The molecule has 2 N–H and O–H groups in total. The first-order chi connectivity index (χ1) is 11.7. The average molecular weight is 346 g/mol. The van der Waals surface area contributed by atoms with Crippen LogP contribution in [0.5, 0.6) is 5.75 Å². The Labute approximate surface area is 146 Å². The molecule has 0 saturated carbocycles. The monoisotopic (exact) mass is 345 g/mol. The molecule has 0 fully saturated rings. The summed E-state index contributed by atoms with van der Waals surface area (Å²) in [5.74, 6) is 0.783. The third-order valence-corrected chi connectivity index (χ3v) is 3.50. The van der Waals surface area contributed by atoms with Gasteiger partial charge >= 0.3 is 6.03 Å². The Balaban J connectivity index is 1.81. The fourth-order valence-electron chi connectivity index (χ4n) is 1.87. The van der Waals surface area contributed by atoms with Crippen molar-refractivity contribution >= 4 is 29.5 Å². The summed E-state index contributed by atoms with van der Waals surface area (Å²) in [6, 6.07) is 14.0. The molecule has 2 amide bonds. The molecule has 0 aromatic heterocycles. The van der Waals surface area contributed by atoms with E-state index in [1.165, 1.54) is 6.21 Å². The van der Waals surface area contributed by atoms with Crippen molar-refractivity contribution in [2.24, 2.45) is 5.10 Å². The van der Waals surface area contributed by atoms with Crippen LogP contribution in [-0.4, -0.2) is 18.9 Å². The van der Waals surface area contributed by atoms with Crippen molar-refractivity contribution in [2.75, 3.05) is 11.9 Å². The van der Waals surface area contributed by atoms with E-state index in [2.05, 4.69) is 22.8 Å². The number of carbonyl (C=O) groups is 1. The maximum atomic E-state index is 11.8. The highest BCUT2D eigenvalue weighted by Crippen LogP contribution is 2.16. The van der Waals surface area contributed by atoms with Gasteiger partial charge in [-0.25, -0.2) is 10.2 Å². The van der Waals surface area contributed by atoms with E-state index in [9.17, 15) is 4.79 Å². The predicted molar refractivity (Wildman–Crippen MR) is 98.0 cm³/mol. The van der Waals surface area contributed by atoms with Gasteiger partial charge in [-0.3, -0.25) is 0 Å². The van der Waals surface area contributed by atoms with E-state index in [4.69, 9.17) is 16.3 Å². The minimum Gasteiger partial charge on any atom is -0.494 e. The molecule has 0 saturated heterocycles. The SMILES string of the molecule is CCCCOc1ccc(NC(=O)N/N=C\c2ccccc2Cl)cc1. The summed E-state index contributed by atoms with van der Waals surface area (Å²) in [4.78, 5) is 11.8. The van der Waals surface area contributed by atoms with Crippen LogP contribution in [0.4, 0.5) is 10.5 Å². The van der Waals surface area contributed by atoms with Crippen molar-refractivity contribution in [1.29, 1.82) is 0 Å². The Morgan fingerprint density at radius 2 is 1.96 bits per heavy atom. The van der Waals surface area contributed by atoms with Crippen LogP contribution in [0.3, 0.4) is 0 Å². The second-order valence-corrected chi connectivity index (χ2v) is 5.48. The van der Waals surface area contributed by atoms with Gasteiger partial charge in [0.1, 0.15) is 5.75 Å². The summed E-state index contributed by atoms with van der Waals surface area (Å²) in [6.45, 7) is 2.81. The van der Waals surface area contributed by atoms with E-state index < -0.39 is 6.03 Å². The van der Waals surface area contributed by atoms with E-state index in [-0.39, 0.29) is 0 Å². The quantitative estimate of drug-likeness (QED) is 0.435. The number of amides is 2. The Morgan fingerprint density at radius 1 is 1.21 bits per heavy atom. The second-order valence-electron chi connectivity index (χ2n) is 5.07. The van der Waals surface area contributed by atoms with Crippen LogP contribution in [0.1, 0.15) is 25.3 Å². The Kier molecular flexibility index (Phi) is 7.11. The highest BCUT2D eigenvalue weighted by molar-refractivity contribution is 6.33. The first-order valence-corrected chi connectivity index (χ1v) is 8.14. The zero-order valence-electron chi connectivity index (χ0n) is 13.5. The third kappa shape index (κ3) is 5.93. The number of hydrazone groups is 1. The molecule has 2 aromatic rings. The number of rotatable bonds is 7. The van der Waals surface area contributed by atoms with Crippen molar-refractivity contribution in [3.05, 3.63) is 59.1 Å². The summed E-state index contributed by atoms with van der Waals surface area (Å²) < 4.78 is 5.57. The molecule has 5 nitrogen and oxygen atoms in total. The molecule has 6 heteroatoms. The summed E-state index contributed by atoms with van der Waals surface area (Å²) in [5, 5.41) is 7.13. The lowest BCUT2D eigenvalue weighted by Crippen LogP contribution is -2.24. The number of nitrogens with one attached hydrogen (secondary N) is 2. The van der Waals surface area contributed by atoms with Gasteiger partial charge in [-0.05, 0) is 36.8 Å². The molecule has 0 spiro atoms. The number of halogens is 1. The van der Waals surface area contributed by atoms with E-state index in [0.717, 1.165) is 24.2 Å². The first kappa shape index (κ1) is 17.8. The summed E-state index contributed by atoms with van der Waals surface area (Å²) in [5.41, 5.74) is 3.78. The van der Waals surface area contributed by atoms with E-state index in [1.807, 2.05) is 30.3 Å². The number of hydrogen-bond acceptors (Lipinski definition) is 3. The molecular weight excluding hydrogens is 326 g/mol. The number of anilines is 1. The maximum Gasteiger partial charge on any atom is 0.339 e. The first-order valence-electron chi connectivity index (χ1n) is 7.76. The van der Waals surface area contributed by atoms with Gasteiger partial charge in [0.05, 0.1) is 12.8 Å². The predicted octanol–water partition coefficient (Wildman–Crippen LogP) is 4.67. The number of unbranched alkanes of at least 4 members (excludes halogenated alkanes) is 1. The van der Waals surface area contributed by atoms with Crippen LogP contribution < -0.4 is 15.5 Å². The molecule has 0 radical (unpaired) electrons. The lowest BCUT2D eigenvalue weighted by molar-refractivity contribution is 0.252. The summed E-state index contributed by atoms with van der Waals surface area (Å²) >= 11 is 6.00. The van der Waals surface area contributed by atoms with Crippen LogP contribution in [0.15, 0.2) is 53.6 Å². The van der Waals surface area contributed by atoms with Crippen molar-refractivity contribution in [1.82, 2.24) is 5.43 Å². The van der Waals surface area contributed by atoms with Crippen LogP contribution >= 0.6 is 11.6 Å². The molecule has 2 aromatic carbocycles. The van der Waals surface area contributed by atoms with Gasteiger partial charge in [0.25, 0.3) is 0 Å². The number of hydrogen-bond donors (Lipinski definition) is 2. The van der Waals surface area contributed by atoms with Gasteiger partial charge < -0.3 is 10.1 Å². The Hall–Kier alpha value is -2.53. The lowest BCUT2D eigenvalue weighted by atomic mass is 10.2. The van der Waals surface area contributed by atoms with Gasteiger partial charge in [0.2, 0.25) is 0 Å². The largest absolute Gasteiger partial charge is 0.494 e. The molecule has 0 aliphatic rings. The standard InChI is InChI=1S/C18H20ClN3O2/c1-2-3-12-24-16-10-8-15(9-11-16)21-18(23)22-20-13-14-6-4-5-7-17(14)19/h4-11,13H,2-3,12H2,1H3,(H2,21,22,23)/b20-13-. The normalized spacial score (nSPS) is 10.6.